The van der Waals surface area contributed by atoms with Crippen molar-refractivity contribution < 1.29 is 10.2 Å². The molecule has 0 saturated heterocycles. The van der Waals surface area contributed by atoms with E-state index in [1.807, 2.05) is 31.2 Å². The van der Waals surface area contributed by atoms with Crippen LogP contribution < -0.4 is 0 Å². The molecule has 22 heavy (non-hydrogen) atoms. The topological polar surface area (TPSA) is 40.5 Å². The van der Waals surface area contributed by atoms with Gasteiger partial charge in [-0.05, 0) is 55.5 Å². The zero-order valence-corrected chi connectivity index (χ0v) is 14.0. The van der Waals surface area contributed by atoms with Crippen molar-refractivity contribution in [2.24, 2.45) is 0 Å². The van der Waals surface area contributed by atoms with Crippen LogP contribution in [0.3, 0.4) is 0 Å². The molecular weight excluding hydrogens is 319 g/mol. The second-order valence-corrected chi connectivity index (χ2v) is 6.72. The third kappa shape index (κ3) is 4.64. The molecule has 2 unspecified atom stereocenters. The minimum absolute atomic E-state index is 0.0573. The molecule has 0 radical (unpaired) electrons. The Morgan fingerprint density at radius 2 is 1.77 bits per heavy atom. The Hall–Kier alpha value is -1.22. The first-order valence-electron chi connectivity index (χ1n) is 7.36. The zero-order chi connectivity index (χ0) is 16.1. The molecule has 2 nitrogen and oxygen atoms in total. The summed E-state index contributed by atoms with van der Waals surface area (Å²) in [6.45, 7) is 1.92. The van der Waals surface area contributed by atoms with Gasteiger partial charge in [0, 0.05) is 16.0 Å². The third-order valence-corrected chi connectivity index (χ3v) is 4.07. The first-order chi connectivity index (χ1) is 10.5. The molecule has 0 aliphatic rings. The summed E-state index contributed by atoms with van der Waals surface area (Å²) in [7, 11) is 0. The summed E-state index contributed by atoms with van der Waals surface area (Å²) in [5, 5.41) is 20.9. The van der Waals surface area contributed by atoms with Gasteiger partial charge in [0.1, 0.15) is 5.75 Å². The number of benzene rings is 2. The summed E-state index contributed by atoms with van der Waals surface area (Å²) < 4.78 is 0. The van der Waals surface area contributed by atoms with Crippen LogP contribution >= 0.6 is 23.2 Å². The van der Waals surface area contributed by atoms with Crippen LogP contribution in [0.5, 0.6) is 5.75 Å². The number of aromatic hydroxyl groups is 1. The van der Waals surface area contributed by atoms with Gasteiger partial charge in [0.15, 0.2) is 0 Å². The van der Waals surface area contributed by atoms with Gasteiger partial charge in [-0.25, -0.2) is 0 Å². The van der Waals surface area contributed by atoms with E-state index < -0.39 is 6.10 Å². The fourth-order valence-corrected chi connectivity index (χ4v) is 2.76. The van der Waals surface area contributed by atoms with Crippen molar-refractivity contribution in [2.75, 3.05) is 0 Å². The largest absolute Gasteiger partial charge is 0.507 e. The van der Waals surface area contributed by atoms with E-state index in [2.05, 4.69) is 0 Å². The molecule has 0 amide bonds. The van der Waals surface area contributed by atoms with Gasteiger partial charge < -0.3 is 10.2 Å². The smallest absolute Gasteiger partial charge is 0.123 e. The monoisotopic (exact) mass is 338 g/mol. The predicted molar refractivity (Wildman–Crippen MR) is 92.8 cm³/mol. The highest BCUT2D eigenvalue weighted by molar-refractivity contribution is 6.31. The van der Waals surface area contributed by atoms with Crippen LogP contribution in [-0.4, -0.2) is 21.7 Å². The average Bonchev–Trinajstić information content (AvgIpc) is 2.48. The summed E-state index contributed by atoms with van der Waals surface area (Å²) in [6.07, 6.45) is 1.49. The molecule has 0 fully saturated rings. The van der Waals surface area contributed by atoms with Crippen LogP contribution in [-0.2, 0) is 6.42 Å². The highest BCUT2D eigenvalue weighted by Crippen LogP contribution is 2.34. The molecular formula is C18H20Cl2O2. The zero-order valence-electron chi connectivity index (χ0n) is 12.5. The average molecular weight is 339 g/mol. The first kappa shape index (κ1) is 17.1. The number of halogens is 2. The second kappa shape index (κ2) is 7.87. The maximum absolute atomic E-state index is 10.2. The Labute approximate surface area is 141 Å². The van der Waals surface area contributed by atoms with Crippen molar-refractivity contribution in [3.8, 4) is 16.9 Å². The Kier molecular flexibility index (Phi) is 6.13. The maximum Gasteiger partial charge on any atom is 0.123 e. The lowest BCUT2D eigenvalue weighted by Crippen LogP contribution is -2.12. The van der Waals surface area contributed by atoms with Gasteiger partial charge in [-0.2, -0.15) is 0 Å². The quantitative estimate of drug-likeness (QED) is 0.725. The molecule has 0 heterocycles. The second-order valence-electron chi connectivity index (χ2n) is 5.53. The Morgan fingerprint density at radius 1 is 1.05 bits per heavy atom. The van der Waals surface area contributed by atoms with Crippen LogP contribution in [0.2, 0.25) is 5.02 Å². The number of rotatable bonds is 6. The fraction of sp³-hybridized carbons (Fsp3) is 0.333. The lowest BCUT2D eigenvalue weighted by Gasteiger charge is -2.15. The van der Waals surface area contributed by atoms with Crippen molar-refractivity contribution in [2.45, 2.75) is 37.7 Å². The van der Waals surface area contributed by atoms with E-state index in [4.69, 9.17) is 23.2 Å². The highest BCUT2D eigenvalue weighted by atomic mass is 35.5. The van der Waals surface area contributed by atoms with Crippen molar-refractivity contribution >= 4 is 23.2 Å². The van der Waals surface area contributed by atoms with E-state index in [0.29, 0.717) is 23.4 Å². The van der Waals surface area contributed by atoms with Crippen molar-refractivity contribution in [3.05, 3.63) is 53.1 Å². The van der Waals surface area contributed by atoms with Gasteiger partial charge in [-0.3, -0.25) is 0 Å². The molecule has 2 atom stereocenters. The number of phenols is 1. The highest BCUT2D eigenvalue weighted by Gasteiger charge is 2.13. The Morgan fingerprint density at radius 3 is 2.50 bits per heavy atom. The van der Waals surface area contributed by atoms with Gasteiger partial charge in [0.05, 0.1) is 6.10 Å². The summed E-state index contributed by atoms with van der Waals surface area (Å²) >= 11 is 12.0. The number of hydrogen-bond donors (Lipinski definition) is 2. The molecule has 118 valence electrons. The van der Waals surface area contributed by atoms with Crippen molar-refractivity contribution in [3.63, 3.8) is 0 Å². The number of phenolic OH excluding ortho intramolecular Hbond substituents is 1. The summed E-state index contributed by atoms with van der Waals surface area (Å²) in [4.78, 5) is 0. The molecule has 0 spiro atoms. The molecule has 2 aromatic carbocycles. The van der Waals surface area contributed by atoms with Gasteiger partial charge in [-0.1, -0.05) is 35.9 Å². The van der Waals surface area contributed by atoms with Gasteiger partial charge in [0.25, 0.3) is 0 Å². The van der Waals surface area contributed by atoms with E-state index in [0.717, 1.165) is 17.5 Å². The molecule has 0 saturated carbocycles. The molecule has 2 N–H and O–H groups in total. The molecule has 2 aromatic rings. The van der Waals surface area contributed by atoms with E-state index in [1.165, 1.54) is 0 Å². The van der Waals surface area contributed by atoms with Gasteiger partial charge >= 0.3 is 0 Å². The van der Waals surface area contributed by atoms with Crippen LogP contribution in [0, 0.1) is 0 Å². The Bertz CT molecular complexity index is 626. The van der Waals surface area contributed by atoms with Crippen LogP contribution in [0.15, 0.2) is 42.5 Å². The fourth-order valence-electron chi connectivity index (χ4n) is 2.46. The minimum Gasteiger partial charge on any atom is -0.507 e. The molecule has 4 heteroatoms. The van der Waals surface area contributed by atoms with Crippen LogP contribution in [0.25, 0.3) is 11.1 Å². The first-order valence-corrected chi connectivity index (χ1v) is 8.17. The van der Waals surface area contributed by atoms with Crippen molar-refractivity contribution in [1.29, 1.82) is 0 Å². The minimum atomic E-state index is -0.455. The summed E-state index contributed by atoms with van der Waals surface area (Å²) in [5.41, 5.74) is 2.55. The number of alkyl halides is 1. The SMILES string of the molecule is CC(Cl)CCC(O)Cc1ccccc1-c1cc(Cl)ccc1O. The van der Waals surface area contributed by atoms with Gasteiger partial charge in [-0.15, -0.1) is 11.6 Å². The molecule has 0 aromatic heterocycles. The standard InChI is InChI=1S/C18H20Cl2O2/c1-12(19)6-8-15(21)10-13-4-2-3-5-16(13)17-11-14(20)7-9-18(17)22/h2-5,7,9,11-12,15,21-22H,6,8,10H2,1H3. The maximum atomic E-state index is 10.2. The molecule has 0 aliphatic heterocycles. The Balaban J connectivity index is 2.25. The molecule has 0 aliphatic carbocycles. The van der Waals surface area contributed by atoms with E-state index in [1.54, 1.807) is 18.2 Å². The van der Waals surface area contributed by atoms with Crippen LogP contribution in [0.4, 0.5) is 0 Å². The number of aliphatic hydroxyl groups excluding tert-OH is 1. The number of hydrogen-bond acceptors (Lipinski definition) is 2. The van der Waals surface area contributed by atoms with E-state index >= 15 is 0 Å². The normalized spacial score (nSPS) is 13.8. The van der Waals surface area contributed by atoms with Gasteiger partial charge in [0.2, 0.25) is 0 Å². The lowest BCUT2D eigenvalue weighted by molar-refractivity contribution is 0.162. The lowest BCUT2D eigenvalue weighted by atomic mass is 9.94. The van der Waals surface area contributed by atoms with Crippen LogP contribution in [0.1, 0.15) is 25.3 Å². The third-order valence-electron chi connectivity index (χ3n) is 3.62. The van der Waals surface area contributed by atoms with E-state index in [-0.39, 0.29) is 11.1 Å². The predicted octanol–water partition coefficient (Wildman–Crippen LogP) is 5.02. The van der Waals surface area contributed by atoms with Crippen molar-refractivity contribution in [1.82, 2.24) is 0 Å². The molecule has 2 rings (SSSR count). The summed E-state index contributed by atoms with van der Waals surface area (Å²) in [6, 6.07) is 12.7. The molecule has 0 bridgehead atoms. The number of aliphatic hydroxyl groups is 1. The van der Waals surface area contributed by atoms with E-state index in [9.17, 15) is 10.2 Å². The summed E-state index contributed by atoms with van der Waals surface area (Å²) in [5.74, 6) is 0.181.